The van der Waals surface area contributed by atoms with Crippen LogP contribution in [0.3, 0.4) is 0 Å². The number of rotatable bonds is 6. The summed E-state index contributed by atoms with van der Waals surface area (Å²) in [5.74, 6) is 3.99. The van der Waals surface area contributed by atoms with Crippen LogP contribution in [-0.4, -0.2) is 13.1 Å². The largest absolute Gasteiger partial charge is 0.317 e. The van der Waals surface area contributed by atoms with Crippen molar-refractivity contribution in [2.24, 2.45) is 34.5 Å². The van der Waals surface area contributed by atoms with Crippen molar-refractivity contribution in [2.75, 3.05) is 13.1 Å². The van der Waals surface area contributed by atoms with Crippen molar-refractivity contribution in [3.05, 3.63) is 11.6 Å². The molecular formula is C25H43N. The fourth-order valence-corrected chi connectivity index (χ4v) is 7.98. The molecule has 0 saturated heterocycles. The molecule has 0 unspecified atom stereocenters. The molecule has 4 aliphatic rings. The molecule has 3 fully saturated rings. The monoisotopic (exact) mass is 357 g/mol. The SMILES string of the molecule is CCCCNCC[C@H]1CC[C@H]2[C@@H]3CC=C4CCCC[C@]4(C)[C@H]3CC[C@]12C. The van der Waals surface area contributed by atoms with Crippen molar-refractivity contribution < 1.29 is 0 Å². The topological polar surface area (TPSA) is 12.0 Å². The predicted molar refractivity (Wildman–Crippen MR) is 112 cm³/mol. The zero-order chi connectivity index (χ0) is 18.2. The molecule has 26 heavy (non-hydrogen) atoms. The van der Waals surface area contributed by atoms with Crippen molar-refractivity contribution in [2.45, 2.75) is 97.8 Å². The van der Waals surface area contributed by atoms with Crippen molar-refractivity contribution in [1.29, 1.82) is 0 Å². The summed E-state index contributed by atoms with van der Waals surface area (Å²) >= 11 is 0. The Morgan fingerprint density at radius 1 is 1.04 bits per heavy atom. The predicted octanol–water partition coefficient (Wildman–Crippen LogP) is 6.74. The average molecular weight is 358 g/mol. The van der Waals surface area contributed by atoms with Gasteiger partial charge >= 0.3 is 0 Å². The summed E-state index contributed by atoms with van der Waals surface area (Å²) in [6.07, 6.45) is 20.1. The highest BCUT2D eigenvalue weighted by Gasteiger charge is 2.57. The normalized spacial score (nSPS) is 44.8. The number of allylic oxidation sites excluding steroid dienone is 2. The zero-order valence-electron chi connectivity index (χ0n) is 17.8. The lowest BCUT2D eigenvalue weighted by atomic mass is 9.47. The highest BCUT2D eigenvalue weighted by atomic mass is 14.8. The maximum atomic E-state index is 3.72. The van der Waals surface area contributed by atoms with Crippen LogP contribution >= 0.6 is 0 Å². The summed E-state index contributed by atoms with van der Waals surface area (Å²) < 4.78 is 0. The van der Waals surface area contributed by atoms with E-state index < -0.39 is 0 Å². The molecule has 4 rings (SSSR count). The second-order valence-electron chi connectivity index (χ2n) is 10.7. The number of hydrogen-bond donors (Lipinski definition) is 1. The third kappa shape index (κ3) is 3.11. The van der Waals surface area contributed by atoms with Crippen LogP contribution in [0.5, 0.6) is 0 Å². The van der Waals surface area contributed by atoms with Crippen molar-refractivity contribution >= 4 is 0 Å². The van der Waals surface area contributed by atoms with E-state index in [4.69, 9.17) is 0 Å². The van der Waals surface area contributed by atoms with E-state index >= 15 is 0 Å². The summed E-state index contributed by atoms with van der Waals surface area (Å²) in [5.41, 5.74) is 3.08. The first-order valence-corrected chi connectivity index (χ1v) is 12.0. The van der Waals surface area contributed by atoms with Crippen LogP contribution in [0.4, 0.5) is 0 Å². The van der Waals surface area contributed by atoms with Crippen molar-refractivity contribution in [1.82, 2.24) is 5.32 Å². The molecule has 1 heteroatoms. The fraction of sp³-hybridized carbons (Fsp3) is 0.920. The second-order valence-corrected chi connectivity index (χ2v) is 10.7. The Morgan fingerprint density at radius 2 is 1.92 bits per heavy atom. The van der Waals surface area contributed by atoms with E-state index in [-0.39, 0.29) is 0 Å². The second kappa shape index (κ2) is 7.61. The number of unbranched alkanes of at least 4 members (excludes halogenated alkanes) is 1. The van der Waals surface area contributed by atoms with Crippen LogP contribution in [0.1, 0.15) is 97.8 Å². The number of hydrogen-bond acceptors (Lipinski definition) is 1. The minimum atomic E-state index is 0.572. The molecule has 1 N–H and O–H groups in total. The lowest BCUT2D eigenvalue weighted by molar-refractivity contribution is -0.0421. The quantitative estimate of drug-likeness (QED) is 0.410. The molecule has 0 heterocycles. The standard InChI is InChI=1S/C25H43N/c1-4-5-17-26-18-14-20-10-12-22-21-11-9-19-8-6-7-15-24(19,2)23(21)13-16-25(20,22)3/h9,20-23,26H,4-8,10-18H2,1-3H3/t20-,21+,22+,23+,24+,25-/m1/s1. The molecule has 0 bridgehead atoms. The highest BCUT2D eigenvalue weighted by molar-refractivity contribution is 5.24. The van der Waals surface area contributed by atoms with Gasteiger partial charge < -0.3 is 5.32 Å². The van der Waals surface area contributed by atoms with Gasteiger partial charge in [0.1, 0.15) is 0 Å². The highest BCUT2D eigenvalue weighted by Crippen LogP contribution is 2.66. The van der Waals surface area contributed by atoms with Gasteiger partial charge in [-0.05, 0) is 112 Å². The molecular weight excluding hydrogens is 314 g/mol. The van der Waals surface area contributed by atoms with Crippen LogP contribution in [0.15, 0.2) is 11.6 Å². The Kier molecular flexibility index (Phi) is 5.57. The molecule has 3 saturated carbocycles. The molecule has 0 aromatic heterocycles. The van der Waals surface area contributed by atoms with Gasteiger partial charge in [-0.15, -0.1) is 0 Å². The van der Waals surface area contributed by atoms with E-state index in [2.05, 4.69) is 32.2 Å². The smallest absolute Gasteiger partial charge is 0.00461 e. The van der Waals surface area contributed by atoms with Crippen LogP contribution in [0.25, 0.3) is 0 Å². The lowest BCUT2D eigenvalue weighted by Gasteiger charge is -2.57. The molecule has 1 nitrogen and oxygen atoms in total. The van der Waals surface area contributed by atoms with Crippen LogP contribution in [-0.2, 0) is 0 Å². The van der Waals surface area contributed by atoms with Crippen LogP contribution in [0.2, 0.25) is 0 Å². The fourth-order valence-electron chi connectivity index (χ4n) is 7.98. The molecule has 6 atom stereocenters. The molecule has 0 amide bonds. The summed E-state index contributed by atoms with van der Waals surface area (Å²) in [5, 5.41) is 3.72. The van der Waals surface area contributed by atoms with E-state index in [1.165, 1.54) is 90.1 Å². The van der Waals surface area contributed by atoms with Crippen molar-refractivity contribution in [3.63, 3.8) is 0 Å². The van der Waals surface area contributed by atoms with E-state index in [1.807, 2.05) is 5.57 Å². The zero-order valence-corrected chi connectivity index (χ0v) is 17.8. The summed E-state index contributed by atoms with van der Waals surface area (Å²) in [6, 6.07) is 0. The van der Waals surface area contributed by atoms with Gasteiger partial charge in [-0.25, -0.2) is 0 Å². The molecule has 148 valence electrons. The molecule has 0 spiro atoms. The molecule has 4 aliphatic carbocycles. The summed E-state index contributed by atoms with van der Waals surface area (Å²) in [4.78, 5) is 0. The third-order valence-electron chi connectivity index (χ3n) is 9.59. The van der Waals surface area contributed by atoms with Gasteiger partial charge in [-0.1, -0.05) is 45.3 Å². The first-order valence-electron chi connectivity index (χ1n) is 12.0. The van der Waals surface area contributed by atoms with Gasteiger partial charge in [-0.2, -0.15) is 0 Å². The minimum Gasteiger partial charge on any atom is -0.317 e. The Balaban J connectivity index is 1.44. The maximum Gasteiger partial charge on any atom is -0.00461 e. The van der Waals surface area contributed by atoms with Gasteiger partial charge in [0.15, 0.2) is 0 Å². The van der Waals surface area contributed by atoms with Gasteiger partial charge in [0.05, 0.1) is 0 Å². The van der Waals surface area contributed by atoms with E-state index in [1.54, 1.807) is 0 Å². The Labute approximate surface area is 162 Å². The van der Waals surface area contributed by atoms with Gasteiger partial charge in [0.25, 0.3) is 0 Å². The van der Waals surface area contributed by atoms with Gasteiger partial charge in [-0.3, -0.25) is 0 Å². The Bertz CT molecular complexity index is 522. The Morgan fingerprint density at radius 3 is 2.77 bits per heavy atom. The first-order chi connectivity index (χ1) is 12.6. The summed E-state index contributed by atoms with van der Waals surface area (Å²) in [6.45, 7) is 10.1. The molecule has 0 aromatic rings. The first kappa shape index (κ1) is 19.0. The van der Waals surface area contributed by atoms with E-state index in [9.17, 15) is 0 Å². The Hall–Kier alpha value is -0.300. The van der Waals surface area contributed by atoms with E-state index in [0.29, 0.717) is 10.8 Å². The molecule has 0 aromatic carbocycles. The third-order valence-corrected chi connectivity index (χ3v) is 9.59. The van der Waals surface area contributed by atoms with Crippen LogP contribution < -0.4 is 5.32 Å². The van der Waals surface area contributed by atoms with Gasteiger partial charge in [0, 0.05) is 0 Å². The minimum absolute atomic E-state index is 0.572. The maximum absolute atomic E-state index is 3.72. The summed E-state index contributed by atoms with van der Waals surface area (Å²) in [7, 11) is 0. The van der Waals surface area contributed by atoms with E-state index in [0.717, 1.165) is 23.7 Å². The number of nitrogens with one attached hydrogen (secondary N) is 1. The van der Waals surface area contributed by atoms with Gasteiger partial charge in [0.2, 0.25) is 0 Å². The lowest BCUT2D eigenvalue weighted by Crippen LogP contribution is -2.49. The average Bonchev–Trinajstić information content (AvgIpc) is 2.97. The van der Waals surface area contributed by atoms with Crippen molar-refractivity contribution in [3.8, 4) is 0 Å². The molecule has 0 radical (unpaired) electrons. The van der Waals surface area contributed by atoms with Crippen LogP contribution in [0, 0.1) is 34.5 Å². The number of fused-ring (bicyclic) bond motifs is 5. The molecule has 0 aliphatic heterocycles.